The molecule has 0 saturated carbocycles. The van der Waals surface area contributed by atoms with Gasteiger partial charge < -0.3 is 9.64 Å². The fraction of sp³-hybridized carbons (Fsp3) is 0.105. The molecule has 28 heavy (non-hydrogen) atoms. The molecule has 1 heterocycles. The Morgan fingerprint density at radius 1 is 1.11 bits per heavy atom. The number of carbonyl (C=O) groups is 1. The monoisotopic (exact) mass is 410 g/mol. The molecule has 0 fully saturated rings. The number of hydrogen-bond acceptors (Lipinski definition) is 4. The summed E-state index contributed by atoms with van der Waals surface area (Å²) in [5.74, 6) is -1.36. The summed E-state index contributed by atoms with van der Waals surface area (Å²) in [7, 11) is 0. The number of aromatic nitrogens is 2. The standard InChI is InChI=1S/C19H13ClF3N3O2/c1-26(14-6-4-13(20)5-7-14)18(27)17-11-24-10-16(25-17)12-2-8-15(9-3-12)28-19(21,22)23/h2-11H,1H3/i1D3. The number of ether oxygens (including phenoxy) is 1. The molecule has 1 amide bonds. The molecule has 0 aliphatic carbocycles. The Morgan fingerprint density at radius 2 is 1.79 bits per heavy atom. The largest absolute Gasteiger partial charge is 0.573 e. The maximum absolute atomic E-state index is 13.0. The van der Waals surface area contributed by atoms with E-state index in [9.17, 15) is 18.0 Å². The van der Waals surface area contributed by atoms with Crippen molar-refractivity contribution in [2.24, 2.45) is 0 Å². The van der Waals surface area contributed by atoms with Gasteiger partial charge in [0.2, 0.25) is 0 Å². The predicted molar refractivity (Wildman–Crippen MR) is 98.3 cm³/mol. The van der Waals surface area contributed by atoms with Gasteiger partial charge in [0.25, 0.3) is 5.91 Å². The molecular weight excluding hydrogens is 395 g/mol. The topological polar surface area (TPSA) is 55.3 Å². The van der Waals surface area contributed by atoms with Crippen LogP contribution in [0.25, 0.3) is 11.3 Å². The molecule has 0 saturated heterocycles. The van der Waals surface area contributed by atoms with E-state index in [0.717, 1.165) is 18.3 Å². The summed E-state index contributed by atoms with van der Waals surface area (Å²) in [6.45, 7) is -2.82. The van der Waals surface area contributed by atoms with Gasteiger partial charge in [-0.3, -0.25) is 9.78 Å². The van der Waals surface area contributed by atoms with E-state index in [-0.39, 0.29) is 17.1 Å². The molecule has 9 heteroatoms. The highest BCUT2D eigenvalue weighted by Gasteiger charge is 2.31. The van der Waals surface area contributed by atoms with Crippen molar-refractivity contribution in [3.05, 3.63) is 71.6 Å². The number of carbonyl (C=O) groups excluding carboxylic acids is 1. The number of halogens is 4. The molecule has 144 valence electrons. The van der Waals surface area contributed by atoms with Gasteiger partial charge in [-0.15, -0.1) is 13.2 Å². The normalized spacial score (nSPS) is 13.2. The average Bonchev–Trinajstić information content (AvgIpc) is 2.68. The van der Waals surface area contributed by atoms with E-state index >= 15 is 0 Å². The van der Waals surface area contributed by atoms with Crippen LogP contribution in [0.2, 0.25) is 5.02 Å². The molecule has 0 aliphatic rings. The minimum absolute atomic E-state index is 0.0789. The molecule has 0 bridgehead atoms. The second kappa shape index (κ2) is 7.85. The minimum Gasteiger partial charge on any atom is -0.406 e. The summed E-state index contributed by atoms with van der Waals surface area (Å²) in [4.78, 5) is 21.6. The quantitative estimate of drug-likeness (QED) is 0.609. The number of amides is 1. The molecule has 0 spiro atoms. The number of rotatable bonds is 4. The van der Waals surface area contributed by atoms with Gasteiger partial charge in [-0.25, -0.2) is 4.98 Å². The lowest BCUT2D eigenvalue weighted by molar-refractivity contribution is -0.274. The van der Waals surface area contributed by atoms with E-state index in [0.29, 0.717) is 15.5 Å². The molecule has 3 aromatic rings. The second-order valence-corrected chi connectivity index (χ2v) is 5.92. The van der Waals surface area contributed by atoms with Gasteiger partial charge in [0, 0.05) is 27.4 Å². The van der Waals surface area contributed by atoms with Gasteiger partial charge in [-0.2, -0.15) is 0 Å². The Labute approximate surface area is 167 Å². The summed E-state index contributed by atoms with van der Waals surface area (Å²) < 4.78 is 63.9. The number of hydrogen-bond donors (Lipinski definition) is 0. The van der Waals surface area contributed by atoms with E-state index in [2.05, 4.69) is 14.7 Å². The fourth-order valence-corrected chi connectivity index (χ4v) is 2.38. The zero-order valence-electron chi connectivity index (χ0n) is 16.9. The van der Waals surface area contributed by atoms with Gasteiger partial charge in [0.05, 0.1) is 18.1 Å². The lowest BCUT2D eigenvalue weighted by Gasteiger charge is -2.17. The zero-order valence-corrected chi connectivity index (χ0v) is 14.7. The van der Waals surface area contributed by atoms with E-state index < -0.39 is 25.0 Å². The first-order valence-corrected chi connectivity index (χ1v) is 8.10. The maximum atomic E-state index is 13.0. The van der Waals surface area contributed by atoms with Gasteiger partial charge in [-0.1, -0.05) is 11.6 Å². The lowest BCUT2D eigenvalue weighted by Crippen LogP contribution is -2.27. The lowest BCUT2D eigenvalue weighted by atomic mass is 10.1. The van der Waals surface area contributed by atoms with Crippen LogP contribution in [-0.4, -0.2) is 29.2 Å². The van der Waals surface area contributed by atoms with Crippen molar-refractivity contribution in [2.75, 3.05) is 11.9 Å². The summed E-state index contributed by atoms with van der Waals surface area (Å²) in [5.41, 5.74) is 0.323. The van der Waals surface area contributed by atoms with Crippen LogP contribution in [0.5, 0.6) is 5.75 Å². The van der Waals surface area contributed by atoms with Gasteiger partial charge in [-0.05, 0) is 48.5 Å². The summed E-state index contributed by atoms with van der Waals surface area (Å²) in [6, 6.07) is 10.4. The van der Waals surface area contributed by atoms with Crippen LogP contribution in [0.15, 0.2) is 60.9 Å². The Hall–Kier alpha value is -3.13. The van der Waals surface area contributed by atoms with Gasteiger partial charge in [0.15, 0.2) is 0 Å². The Balaban J connectivity index is 1.92. The van der Waals surface area contributed by atoms with Crippen molar-refractivity contribution in [3.63, 3.8) is 0 Å². The molecule has 0 unspecified atom stereocenters. The van der Waals surface area contributed by atoms with Crippen LogP contribution >= 0.6 is 11.6 Å². The van der Waals surface area contributed by atoms with E-state index in [1.165, 1.54) is 42.6 Å². The third-order valence-corrected chi connectivity index (χ3v) is 3.78. The van der Waals surface area contributed by atoms with Crippen molar-refractivity contribution in [1.82, 2.24) is 9.97 Å². The van der Waals surface area contributed by atoms with E-state index in [4.69, 9.17) is 15.7 Å². The molecular formula is C19H13ClF3N3O2. The van der Waals surface area contributed by atoms with Crippen molar-refractivity contribution in [3.8, 4) is 17.0 Å². The van der Waals surface area contributed by atoms with Gasteiger partial charge in [0.1, 0.15) is 11.4 Å². The van der Waals surface area contributed by atoms with E-state index in [1.807, 2.05) is 0 Å². The first-order chi connectivity index (χ1) is 14.4. The van der Waals surface area contributed by atoms with Crippen molar-refractivity contribution >= 4 is 23.2 Å². The number of benzene rings is 2. The summed E-state index contributed by atoms with van der Waals surface area (Å²) >= 11 is 5.82. The molecule has 1 aromatic heterocycles. The first-order valence-electron chi connectivity index (χ1n) is 9.22. The van der Waals surface area contributed by atoms with Crippen LogP contribution in [0, 0.1) is 0 Å². The van der Waals surface area contributed by atoms with Crippen molar-refractivity contribution < 1.29 is 26.8 Å². The highest BCUT2D eigenvalue weighted by molar-refractivity contribution is 6.30. The van der Waals surface area contributed by atoms with E-state index in [1.54, 1.807) is 0 Å². The van der Waals surface area contributed by atoms with Crippen LogP contribution in [-0.2, 0) is 0 Å². The molecule has 5 nitrogen and oxygen atoms in total. The Kier molecular flexibility index (Phi) is 4.45. The fourth-order valence-electron chi connectivity index (χ4n) is 2.26. The minimum atomic E-state index is -4.83. The molecule has 0 N–H and O–H groups in total. The number of nitrogens with zero attached hydrogens (tertiary/aromatic N) is 3. The third-order valence-electron chi connectivity index (χ3n) is 3.53. The SMILES string of the molecule is [2H]C([2H])([2H])N(C(=O)c1cncc(-c2ccc(OC(F)(F)F)cc2)n1)c1ccc(Cl)cc1. The average molecular weight is 411 g/mol. The second-order valence-electron chi connectivity index (χ2n) is 5.48. The molecule has 0 atom stereocenters. The Morgan fingerprint density at radius 3 is 2.39 bits per heavy atom. The molecule has 3 rings (SSSR count). The maximum Gasteiger partial charge on any atom is 0.573 e. The highest BCUT2D eigenvalue weighted by atomic mass is 35.5. The molecule has 2 aromatic carbocycles. The summed E-state index contributed by atoms with van der Waals surface area (Å²) in [6.07, 6.45) is -2.44. The molecule has 0 radical (unpaired) electrons. The Bertz CT molecular complexity index is 1080. The van der Waals surface area contributed by atoms with Gasteiger partial charge >= 0.3 is 6.36 Å². The third kappa shape index (κ3) is 4.77. The van der Waals surface area contributed by atoms with Crippen LogP contribution < -0.4 is 9.64 Å². The summed E-state index contributed by atoms with van der Waals surface area (Å²) in [5, 5.41) is 0.362. The van der Waals surface area contributed by atoms with Crippen LogP contribution in [0.3, 0.4) is 0 Å². The number of anilines is 1. The predicted octanol–water partition coefficient (Wildman–Crippen LogP) is 4.97. The van der Waals surface area contributed by atoms with Crippen LogP contribution in [0.4, 0.5) is 18.9 Å². The molecule has 0 aliphatic heterocycles. The number of alkyl halides is 3. The zero-order chi connectivity index (χ0) is 22.8. The van der Waals surface area contributed by atoms with Crippen molar-refractivity contribution in [2.45, 2.75) is 6.36 Å². The van der Waals surface area contributed by atoms with Crippen molar-refractivity contribution in [1.29, 1.82) is 0 Å². The smallest absolute Gasteiger partial charge is 0.406 e. The van der Waals surface area contributed by atoms with Crippen LogP contribution in [0.1, 0.15) is 14.6 Å². The highest BCUT2D eigenvalue weighted by Crippen LogP contribution is 2.26. The first kappa shape index (κ1) is 15.9.